The minimum absolute atomic E-state index is 0.0237. The van der Waals surface area contributed by atoms with Gasteiger partial charge in [0.25, 0.3) is 0 Å². The molecule has 0 aliphatic carbocycles. The van der Waals surface area contributed by atoms with Crippen LogP contribution in [0.4, 0.5) is 0 Å². The van der Waals surface area contributed by atoms with Crippen molar-refractivity contribution in [2.45, 2.75) is 6.42 Å². The van der Waals surface area contributed by atoms with Gasteiger partial charge < -0.3 is 25.7 Å². The van der Waals surface area contributed by atoms with Crippen molar-refractivity contribution < 1.29 is 19.0 Å². The van der Waals surface area contributed by atoms with Crippen molar-refractivity contribution in [1.29, 1.82) is 0 Å². The Morgan fingerprint density at radius 1 is 0.875 bits per heavy atom. The van der Waals surface area contributed by atoms with Crippen LogP contribution in [0.25, 0.3) is 0 Å². The highest BCUT2D eigenvalue weighted by Gasteiger charge is 1.97. The van der Waals surface area contributed by atoms with Crippen LogP contribution in [-0.4, -0.2) is 58.5 Å². The van der Waals surface area contributed by atoms with E-state index in [2.05, 4.69) is 0 Å². The first kappa shape index (κ1) is 15.5. The summed E-state index contributed by atoms with van der Waals surface area (Å²) in [6, 6.07) is 0. The average molecular weight is 234 g/mol. The summed E-state index contributed by atoms with van der Waals surface area (Å²) in [5.41, 5.74) is 10.4. The molecule has 6 heteroatoms. The summed E-state index contributed by atoms with van der Waals surface area (Å²) in [5.74, 6) is -0.106. The van der Waals surface area contributed by atoms with Crippen molar-refractivity contribution in [2.24, 2.45) is 11.5 Å². The number of hydrogen-bond donors (Lipinski definition) is 2. The van der Waals surface area contributed by atoms with Gasteiger partial charge in [-0.25, -0.2) is 0 Å². The molecule has 96 valence electrons. The molecule has 0 bridgehead atoms. The van der Waals surface area contributed by atoms with Gasteiger partial charge in [-0.2, -0.15) is 0 Å². The fourth-order valence-electron chi connectivity index (χ4n) is 0.870. The first-order chi connectivity index (χ1) is 7.81. The summed E-state index contributed by atoms with van der Waals surface area (Å²) < 4.78 is 15.4. The van der Waals surface area contributed by atoms with E-state index in [4.69, 9.17) is 25.7 Å². The van der Waals surface area contributed by atoms with Gasteiger partial charge in [0.05, 0.1) is 33.0 Å². The van der Waals surface area contributed by atoms with E-state index in [-0.39, 0.29) is 18.9 Å². The molecule has 0 atom stereocenters. The largest absolute Gasteiger partial charge is 0.379 e. The fourth-order valence-corrected chi connectivity index (χ4v) is 0.870. The zero-order chi connectivity index (χ0) is 12.1. The SMILES string of the molecule is NCCCOCCOCCOCC(=O)CN. The third-order valence-corrected chi connectivity index (χ3v) is 1.73. The van der Waals surface area contributed by atoms with Gasteiger partial charge >= 0.3 is 0 Å². The highest BCUT2D eigenvalue weighted by Crippen LogP contribution is 1.83. The van der Waals surface area contributed by atoms with Crippen molar-refractivity contribution in [2.75, 3.05) is 52.7 Å². The van der Waals surface area contributed by atoms with Crippen molar-refractivity contribution in [1.82, 2.24) is 0 Å². The lowest BCUT2D eigenvalue weighted by molar-refractivity contribution is -0.122. The summed E-state index contributed by atoms with van der Waals surface area (Å²) in [4.78, 5) is 10.7. The number of ketones is 1. The second-order valence-corrected chi connectivity index (χ2v) is 3.16. The first-order valence-corrected chi connectivity index (χ1v) is 5.46. The Bertz CT molecular complexity index is 167. The first-order valence-electron chi connectivity index (χ1n) is 5.46. The lowest BCUT2D eigenvalue weighted by Gasteiger charge is -2.05. The Morgan fingerprint density at radius 3 is 2.00 bits per heavy atom. The van der Waals surface area contributed by atoms with E-state index in [1.54, 1.807) is 0 Å². The van der Waals surface area contributed by atoms with Crippen LogP contribution < -0.4 is 11.5 Å². The average Bonchev–Trinajstić information content (AvgIpc) is 2.31. The Morgan fingerprint density at radius 2 is 1.44 bits per heavy atom. The van der Waals surface area contributed by atoms with Gasteiger partial charge in [0.1, 0.15) is 6.61 Å². The molecule has 0 saturated heterocycles. The Kier molecular flexibility index (Phi) is 12.1. The van der Waals surface area contributed by atoms with E-state index in [0.29, 0.717) is 39.6 Å². The van der Waals surface area contributed by atoms with Gasteiger partial charge in [0, 0.05) is 6.61 Å². The second-order valence-electron chi connectivity index (χ2n) is 3.16. The molecule has 6 nitrogen and oxygen atoms in total. The molecule has 0 fully saturated rings. The van der Waals surface area contributed by atoms with Crippen molar-refractivity contribution in [3.05, 3.63) is 0 Å². The summed E-state index contributed by atoms with van der Waals surface area (Å²) in [6.07, 6.45) is 0.865. The maximum absolute atomic E-state index is 10.7. The van der Waals surface area contributed by atoms with Gasteiger partial charge in [0.15, 0.2) is 5.78 Å². The van der Waals surface area contributed by atoms with Gasteiger partial charge in [0.2, 0.25) is 0 Å². The standard InChI is InChI=1S/C10H22N2O4/c11-2-1-3-14-4-5-15-6-7-16-9-10(13)8-12/h1-9,11-12H2. The molecule has 0 rings (SSSR count). The molecule has 0 aromatic heterocycles. The van der Waals surface area contributed by atoms with Gasteiger partial charge in [-0.3, -0.25) is 4.79 Å². The number of rotatable bonds is 12. The predicted octanol–water partition coefficient (Wildman–Crippen LogP) is -1.09. The number of hydrogen-bond acceptors (Lipinski definition) is 6. The van der Waals surface area contributed by atoms with Crippen molar-refractivity contribution in [3.63, 3.8) is 0 Å². The Balaban J connectivity index is 2.96. The molecule has 4 N–H and O–H groups in total. The molecule has 0 aliphatic rings. The lowest BCUT2D eigenvalue weighted by Crippen LogP contribution is -2.20. The number of Topliss-reactive ketones (excluding diaryl/α,β-unsaturated/α-hetero) is 1. The number of carbonyl (C=O) groups excluding carboxylic acids is 1. The predicted molar refractivity (Wildman–Crippen MR) is 60.2 cm³/mol. The molecule has 16 heavy (non-hydrogen) atoms. The van der Waals surface area contributed by atoms with Crippen LogP contribution in [0.1, 0.15) is 6.42 Å². The molecular weight excluding hydrogens is 212 g/mol. The molecule has 0 aliphatic heterocycles. The van der Waals surface area contributed by atoms with Gasteiger partial charge in [-0.05, 0) is 13.0 Å². The lowest BCUT2D eigenvalue weighted by atomic mass is 10.4. The van der Waals surface area contributed by atoms with Crippen LogP contribution in [0.15, 0.2) is 0 Å². The molecule has 0 heterocycles. The fraction of sp³-hybridized carbons (Fsp3) is 0.900. The third-order valence-electron chi connectivity index (χ3n) is 1.73. The molecular formula is C10H22N2O4. The maximum Gasteiger partial charge on any atom is 0.171 e. The third kappa shape index (κ3) is 11.5. The normalized spacial score (nSPS) is 10.6. The van der Waals surface area contributed by atoms with Crippen LogP contribution in [-0.2, 0) is 19.0 Å². The van der Waals surface area contributed by atoms with Crippen molar-refractivity contribution >= 4 is 5.78 Å². The van der Waals surface area contributed by atoms with Gasteiger partial charge in [-0.15, -0.1) is 0 Å². The second kappa shape index (κ2) is 12.5. The van der Waals surface area contributed by atoms with Crippen LogP contribution in [0.3, 0.4) is 0 Å². The van der Waals surface area contributed by atoms with Crippen LogP contribution in [0, 0.1) is 0 Å². The van der Waals surface area contributed by atoms with E-state index in [0.717, 1.165) is 6.42 Å². The number of ether oxygens (including phenoxy) is 3. The van der Waals surface area contributed by atoms with E-state index in [1.165, 1.54) is 0 Å². The topological polar surface area (TPSA) is 96.8 Å². The van der Waals surface area contributed by atoms with Crippen LogP contribution in [0.5, 0.6) is 0 Å². The highest BCUT2D eigenvalue weighted by atomic mass is 16.5. The minimum Gasteiger partial charge on any atom is -0.379 e. The van der Waals surface area contributed by atoms with E-state index < -0.39 is 0 Å². The van der Waals surface area contributed by atoms with E-state index >= 15 is 0 Å². The summed E-state index contributed by atoms with van der Waals surface area (Å²) in [6.45, 7) is 3.33. The highest BCUT2D eigenvalue weighted by molar-refractivity contribution is 5.81. The molecule has 0 amide bonds. The summed E-state index contributed by atoms with van der Waals surface area (Å²) in [5, 5.41) is 0. The minimum atomic E-state index is -0.106. The molecule has 0 radical (unpaired) electrons. The summed E-state index contributed by atoms with van der Waals surface area (Å²) >= 11 is 0. The summed E-state index contributed by atoms with van der Waals surface area (Å²) in [7, 11) is 0. The smallest absolute Gasteiger partial charge is 0.171 e. The molecule has 0 aromatic rings. The molecule has 0 saturated carbocycles. The van der Waals surface area contributed by atoms with Crippen LogP contribution in [0.2, 0.25) is 0 Å². The number of carbonyl (C=O) groups is 1. The van der Waals surface area contributed by atoms with E-state index in [1.807, 2.05) is 0 Å². The monoisotopic (exact) mass is 234 g/mol. The zero-order valence-electron chi connectivity index (χ0n) is 9.65. The quantitative estimate of drug-likeness (QED) is 0.417. The maximum atomic E-state index is 10.7. The van der Waals surface area contributed by atoms with Gasteiger partial charge in [-0.1, -0.05) is 0 Å². The number of nitrogens with two attached hydrogens (primary N) is 2. The molecule has 0 unspecified atom stereocenters. The van der Waals surface area contributed by atoms with Crippen molar-refractivity contribution in [3.8, 4) is 0 Å². The van der Waals surface area contributed by atoms with E-state index in [9.17, 15) is 4.79 Å². The Hall–Kier alpha value is -0.530. The van der Waals surface area contributed by atoms with Crippen LogP contribution >= 0.6 is 0 Å². The zero-order valence-corrected chi connectivity index (χ0v) is 9.65. The molecule has 0 aromatic carbocycles. The Labute approximate surface area is 96.2 Å². The molecule has 0 spiro atoms.